The molecule has 2 fully saturated rings. The number of rotatable bonds is 10. The Hall–Kier alpha value is -3.34. The predicted molar refractivity (Wildman–Crippen MR) is 134 cm³/mol. The van der Waals surface area contributed by atoms with E-state index < -0.39 is 47.1 Å². The molecule has 1 aromatic heterocycles. The molecule has 1 saturated carbocycles. The fourth-order valence-corrected chi connectivity index (χ4v) is 5.03. The Kier molecular flexibility index (Phi) is 7.36. The van der Waals surface area contributed by atoms with Crippen molar-refractivity contribution in [2.45, 2.75) is 63.6 Å². The third kappa shape index (κ3) is 5.98. The number of aromatic amines is 1. The molecule has 1 aromatic carbocycles. The first kappa shape index (κ1) is 26.7. The molecule has 4 rings (SSSR count). The van der Waals surface area contributed by atoms with Crippen LogP contribution in [0.5, 0.6) is 5.75 Å². The van der Waals surface area contributed by atoms with Crippen molar-refractivity contribution in [2.75, 3.05) is 7.11 Å². The number of H-pyrrole nitrogens is 1. The minimum atomic E-state index is -1.08. The zero-order chi connectivity index (χ0) is 27.1. The first-order valence-electron chi connectivity index (χ1n) is 12.2. The summed E-state index contributed by atoms with van der Waals surface area (Å²) in [5.74, 6) is -2.85. The number of amides is 4. The SMILES string of the molecule is COc1cc(Cl)c(F)c2[nH]c(C(=O)N[C@@H](CC3CC3)C(=O)N[C@@H](C[C@@H]3CC(C)(C)NC3=O)C(N)=O)cc12. The molecule has 10 nitrogen and oxygen atoms in total. The summed E-state index contributed by atoms with van der Waals surface area (Å²) in [5.41, 5.74) is 5.15. The molecule has 37 heavy (non-hydrogen) atoms. The van der Waals surface area contributed by atoms with Gasteiger partial charge in [0.25, 0.3) is 5.91 Å². The van der Waals surface area contributed by atoms with Crippen molar-refractivity contribution in [3.63, 3.8) is 0 Å². The molecule has 6 N–H and O–H groups in total. The van der Waals surface area contributed by atoms with Crippen LogP contribution in [-0.2, 0) is 14.4 Å². The molecule has 0 bridgehead atoms. The Morgan fingerprint density at radius 1 is 1.22 bits per heavy atom. The lowest BCUT2D eigenvalue weighted by atomic mass is 9.91. The molecular weight excluding hydrogens is 505 g/mol. The van der Waals surface area contributed by atoms with E-state index in [1.54, 1.807) is 0 Å². The van der Waals surface area contributed by atoms with Gasteiger partial charge in [-0.25, -0.2) is 4.39 Å². The van der Waals surface area contributed by atoms with Crippen LogP contribution in [0.1, 0.15) is 56.4 Å². The van der Waals surface area contributed by atoms with Gasteiger partial charge in [0.1, 0.15) is 23.5 Å². The van der Waals surface area contributed by atoms with E-state index in [0.29, 0.717) is 18.2 Å². The first-order valence-corrected chi connectivity index (χ1v) is 12.5. The van der Waals surface area contributed by atoms with Crippen LogP contribution in [0.25, 0.3) is 10.9 Å². The van der Waals surface area contributed by atoms with E-state index >= 15 is 0 Å². The smallest absolute Gasteiger partial charge is 0.268 e. The van der Waals surface area contributed by atoms with Gasteiger partial charge in [-0.3, -0.25) is 19.2 Å². The second-order valence-corrected chi connectivity index (χ2v) is 10.9. The number of hydrogen-bond acceptors (Lipinski definition) is 5. The van der Waals surface area contributed by atoms with E-state index in [1.165, 1.54) is 19.2 Å². The van der Waals surface area contributed by atoms with E-state index in [0.717, 1.165) is 12.8 Å². The molecule has 12 heteroatoms. The molecule has 2 aliphatic rings. The number of halogens is 2. The van der Waals surface area contributed by atoms with Gasteiger partial charge < -0.3 is 31.4 Å². The molecule has 0 spiro atoms. The van der Waals surface area contributed by atoms with Crippen molar-refractivity contribution in [2.24, 2.45) is 17.6 Å². The van der Waals surface area contributed by atoms with Crippen LogP contribution in [0.15, 0.2) is 12.1 Å². The van der Waals surface area contributed by atoms with Gasteiger partial charge in [0.15, 0.2) is 5.82 Å². The number of nitrogens with one attached hydrogen (secondary N) is 4. The van der Waals surface area contributed by atoms with Crippen LogP contribution in [0.4, 0.5) is 4.39 Å². The first-order chi connectivity index (χ1) is 17.4. The summed E-state index contributed by atoms with van der Waals surface area (Å²) in [4.78, 5) is 53.4. The number of methoxy groups -OCH3 is 1. The van der Waals surface area contributed by atoms with Gasteiger partial charge in [-0.1, -0.05) is 24.4 Å². The average Bonchev–Trinajstić information content (AvgIpc) is 3.45. The summed E-state index contributed by atoms with van der Waals surface area (Å²) in [6, 6.07) is 0.692. The zero-order valence-corrected chi connectivity index (χ0v) is 21.6. The van der Waals surface area contributed by atoms with E-state index in [-0.39, 0.29) is 40.2 Å². The van der Waals surface area contributed by atoms with Gasteiger partial charge in [-0.2, -0.15) is 0 Å². The maximum Gasteiger partial charge on any atom is 0.268 e. The Morgan fingerprint density at radius 3 is 2.49 bits per heavy atom. The van der Waals surface area contributed by atoms with Crippen LogP contribution in [-0.4, -0.2) is 53.3 Å². The van der Waals surface area contributed by atoms with E-state index in [9.17, 15) is 23.6 Å². The number of carbonyl (C=O) groups excluding carboxylic acids is 4. The van der Waals surface area contributed by atoms with Crippen LogP contribution in [0.2, 0.25) is 5.02 Å². The van der Waals surface area contributed by atoms with Gasteiger partial charge >= 0.3 is 0 Å². The number of ether oxygens (including phenoxy) is 1. The van der Waals surface area contributed by atoms with E-state index in [2.05, 4.69) is 20.9 Å². The summed E-state index contributed by atoms with van der Waals surface area (Å²) < 4.78 is 19.8. The van der Waals surface area contributed by atoms with Gasteiger partial charge in [0, 0.05) is 22.9 Å². The molecular formula is C25H31ClFN5O5. The number of nitrogens with two attached hydrogens (primary N) is 1. The molecule has 200 valence electrons. The average molecular weight is 536 g/mol. The summed E-state index contributed by atoms with van der Waals surface area (Å²) in [6.07, 6.45) is 2.76. The van der Waals surface area contributed by atoms with E-state index in [1.807, 2.05) is 13.8 Å². The third-order valence-electron chi connectivity index (χ3n) is 6.89. The number of benzene rings is 1. The van der Waals surface area contributed by atoms with Gasteiger partial charge in [-0.05, 0) is 45.1 Å². The van der Waals surface area contributed by atoms with E-state index in [4.69, 9.17) is 22.1 Å². The van der Waals surface area contributed by atoms with Crippen LogP contribution < -0.4 is 26.4 Å². The number of primary amides is 1. The lowest BCUT2D eigenvalue weighted by molar-refractivity contribution is -0.130. The topological polar surface area (TPSA) is 155 Å². The fraction of sp³-hybridized carbons (Fsp3) is 0.520. The second kappa shape index (κ2) is 10.2. The monoisotopic (exact) mass is 535 g/mol. The summed E-state index contributed by atoms with van der Waals surface area (Å²) >= 11 is 5.92. The Labute approximate surface area is 218 Å². The van der Waals surface area contributed by atoms with Crippen molar-refractivity contribution < 1.29 is 28.3 Å². The van der Waals surface area contributed by atoms with Crippen LogP contribution >= 0.6 is 11.6 Å². The van der Waals surface area contributed by atoms with Crippen molar-refractivity contribution in [1.82, 2.24) is 20.9 Å². The largest absolute Gasteiger partial charge is 0.496 e. The number of carbonyl (C=O) groups is 4. The van der Waals surface area contributed by atoms with Crippen LogP contribution in [0, 0.1) is 17.7 Å². The summed E-state index contributed by atoms with van der Waals surface area (Å²) in [5, 5.41) is 8.33. The Bertz CT molecular complexity index is 1260. The Morgan fingerprint density at radius 2 is 1.92 bits per heavy atom. The number of hydrogen-bond donors (Lipinski definition) is 5. The summed E-state index contributed by atoms with van der Waals surface area (Å²) in [7, 11) is 1.40. The molecule has 0 unspecified atom stereocenters. The van der Waals surface area contributed by atoms with Gasteiger partial charge in [0.05, 0.1) is 17.6 Å². The highest BCUT2D eigenvalue weighted by molar-refractivity contribution is 6.31. The molecule has 3 atom stereocenters. The molecule has 2 heterocycles. The maximum atomic E-state index is 14.5. The second-order valence-electron chi connectivity index (χ2n) is 10.5. The lowest BCUT2D eigenvalue weighted by Crippen LogP contribution is -2.53. The highest BCUT2D eigenvalue weighted by atomic mass is 35.5. The van der Waals surface area contributed by atoms with Crippen LogP contribution in [0.3, 0.4) is 0 Å². The minimum Gasteiger partial charge on any atom is -0.496 e. The number of aromatic nitrogens is 1. The third-order valence-corrected chi connectivity index (χ3v) is 7.17. The maximum absolute atomic E-state index is 14.5. The quantitative estimate of drug-likeness (QED) is 0.315. The highest BCUT2D eigenvalue weighted by Crippen LogP contribution is 2.35. The van der Waals surface area contributed by atoms with Gasteiger partial charge in [-0.15, -0.1) is 0 Å². The molecule has 1 aliphatic heterocycles. The lowest BCUT2D eigenvalue weighted by Gasteiger charge is -2.23. The van der Waals surface area contributed by atoms with Gasteiger partial charge in [0.2, 0.25) is 17.7 Å². The van der Waals surface area contributed by atoms with Crippen molar-refractivity contribution in [1.29, 1.82) is 0 Å². The van der Waals surface area contributed by atoms with Crippen molar-refractivity contribution in [3.8, 4) is 5.75 Å². The Balaban J connectivity index is 1.50. The molecule has 2 aromatic rings. The standard InChI is InChI=1S/C25H31ClFN5O5/c1-25(2)10-12(22(34)32-25)7-15(21(28)33)30-23(35)16(6-11-4-5-11)31-24(36)17-8-13-18(37-3)9-14(26)19(27)20(13)29-17/h8-9,11-12,15-16,29H,4-7,10H2,1-3H3,(H2,28,33)(H,30,35)(H,31,36)(H,32,34)/t12-,15+,16+/m1/s1. The normalized spacial score (nSPS) is 20.2. The molecule has 4 amide bonds. The number of fused-ring (bicyclic) bond motifs is 1. The zero-order valence-electron chi connectivity index (χ0n) is 20.9. The molecule has 1 aliphatic carbocycles. The highest BCUT2D eigenvalue weighted by Gasteiger charge is 2.40. The minimum absolute atomic E-state index is 0.00394. The fourth-order valence-electron chi connectivity index (χ4n) is 4.83. The van der Waals surface area contributed by atoms with Crippen molar-refractivity contribution in [3.05, 3.63) is 28.7 Å². The summed E-state index contributed by atoms with van der Waals surface area (Å²) in [6.45, 7) is 3.76. The predicted octanol–water partition coefficient (Wildman–Crippen LogP) is 2.14. The van der Waals surface area contributed by atoms with Crippen molar-refractivity contribution >= 4 is 46.1 Å². The molecule has 1 saturated heterocycles. The molecule has 0 radical (unpaired) electrons.